The molecule has 1 heterocycles. The number of rotatable bonds is 3. The average molecular weight is 180 g/mol. The van der Waals surface area contributed by atoms with Crippen molar-refractivity contribution in [1.82, 2.24) is 4.98 Å². The molecule has 0 radical (unpaired) electrons. The summed E-state index contributed by atoms with van der Waals surface area (Å²) >= 11 is 0. The number of nitrogen functional groups attached to an aromatic ring is 1. The summed E-state index contributed by atoms with van der Waals surface area (Å²) in [6, 6.07) is 1.76. The van der Waals surface area contributed by atoms with Crippen LogP contribution in [0, 0.1) is 0 Å². The number of anilines is 1. The van der Waals surface area contributed by atoms with Gasteiger partial charge in [0.15, 0.2) is 0 Å². The van der Waals surface area contributed by atoms with Crippen molar-refractivity contribution in [3.8, 4) is 11.6 Å². The minimum absolute atomic E-state index is 0.342. The predicted molar refractivity (Wildman–Crippen MR) is 48.9 cm³/mol. The van der Waals surface area contributed by atoms with E-state index in [0.29, 0.717) is 23.4 Å². The number of nitrogens with two attached hydrogens (primary N) is 1. The zero-order valence-corrected chi connectivity index (χ0v) is 7.49. The summed E-state index contributed by atoms with van der Waals surface area (Å²) in [5.41, 5.74) is 6.24. The fourth-order valence-corrected chi connectivity index (χ4v) is 1.07. The first-order valence-electron chi connectivity index (χ1n) is 4.26. The second-order valence-electron chi connectivity index (χ2n) is 3.05. The highest BCUT2D eigenvalue weighted by Gasteiger charge is 2.24. The maximum Gasteiger partial charge on any atom is 0.240 e. The summed E-state index contributed by atoms with van der Waals surface area (Å²) < 4.78 is 10.5. The molecular formula is C9H12N2O2. The molecule has 0 aromatic carbocycles. The Hall–Kier alpha value is -1.45. The molecule has 0 spiro atoms. The van der Waals surface area contributed by atoms with E-state index in [0.717, 1.165) is 12.8 Å². The van der Waals surface area contributed by atoms with Crippen molar-refractivity contribution >= 4 is 5.69 Å². The topological polar surface area (TPSA) is 57.4 Å². The van der Waals surface area contributed by atoms with E-state index >= 15 is 0 Å². The zero-order chi connectivity index (χ0) is 9.26. The van der Waals surface area contributed by atoms with Crippen LogP contribution in [0.25, 0.3) is 0 Å². The van der Waals surface area contributed by atoms with Crippen LogP contribution in [0.5, 0.6) is 11.6 Å². The van der Waals surface area contributed by atoms with Crippen LogP contribution in [0.15, 0.2) is 12.3 Å². The van der Waals surface area contributed by atoms with E-state index in [9.17, 15) is 0 Å². The molecule has 1 aliphatic carbocycles. The van der Waals surface area contributed by atoms with Crippen LogP contribution in [0.3, 0.4) is 0 Å². The van der Waals surface area contributed by atoms with E-state index in [2.05, 4.69) is 4.98 Å². The highest BCUT2D eigenvalue weighted by Crippen LogP contribution is 2.33. The van der Waals surface area contributed by atoms with Crippen LogP contribution >= 0.6 is 0 Å². The molecule has 0 saturated heterocycles. The number of nitrogens with zero attached hydrogens (tertiary/aromatic N) is 1. The van der Waals surface area contributed by atoms with Gasteiger partial charge in [-0.1, -0.05) is 0 Å². The molecular weight excluding hydrogens is 168 g/mol. The van der Waals surface area contributed by atoms with Crippen LogP contribution < -0.4 is 15.2 Å². The third kappa shape index (κ3) is 1.66. The minimum atomic E-state index is 0.342. The normalized spacial score (nSPS) is 15.5. The molecule has 4 nitrogen and oxygen atoms in total. The van der Waals surface area contributed by atoms with Crippen molar-refractivity contribution < 1.29 is 9.47 Å². The first-order valence-corrected chi connectivity index (χ1v) is 4.26. The molecule has 1 saturated carbocycles. The number of ether oxygens (including phenoxy) is 2. The lowest BCUT2D eigenvalue weighted by Crippen LogP contribution is -2.02. The van der Waals surface area contributed by atoms with E-state index in [1.807, 2.05) is 0 Å². The Bertz CT molecular complexity index is 310. The maximum absolute atomic E-state index is 5.76. The Morgan fingerprint density at radius 2 is 2.31 bits per heavy atom. The number of methoxy groups -OCH3 is 1. The van der Waals surface area contributed by atoms with Gasteiger partial charge in [0.25, 0.3) is 0 Å². The Balaban J connectivity index is 2.22. The molecule has 0 aliphatic heterocycles. The smallest absolute Gasteiger partial charge is 0.240 e. The van der Waals surface area contributed by atoms with Crippen molar-refractivity contribution in [2.45, 2.75) is 18.9 Å². The van der Waals surface area contributed by atoms with Gasteiger partial charge in [-0.25, -0.2) is 4.98 Å². The third-order valence-corrected chi connectivity index (χ3v) is 1.92. The Labute approximate surface area is 76.7 Å². The molecule has 2 N–H and O–H groups in total. The molecule has 0 unspecified atom stereocenters. The van der Waals surface area contributed by atoms with Gasteiger partial charge in [-0.3, -0.25) is 0 Å². The van der Waals surface area contributed by atoms with Gasteiger partial charge in [0.2, 0.25) is 5.88 Å². The van der Waals surface area contributed by atoms with Gasteiger partial charge in [0.05, 0.1) is 13.2 Å². The molecule has 1 aromatic rings. The number of hydrogen-bond donors (Lipinski definition) is 1. The quantitative estimate of drug-likeness (QED) is 0.759. The number of hydrogen-bond acceptors (Lipinski definition) is 4. The molecule has 1 fully saturated rings. The van der Waals surface area contributed by atoms with Crippen molar-refractivity contribution in [1.29, 1.82) is 0 Å². The average Bonchev–Trinajstić information content (AvgIpc) is 2.92. The molecule has 70 valence electrons. The maximum atomic E-state index is 5.76. The summed E-state index contributed by atoms with van der Waals surface area (Å²) in [5.74, 6) is 1.10. The molecule has 0 atom stereocenters. The highest BCUT2D eigenvalue weighted by molar-refractivity contribution is 5.59. The second kappa shape index (κ2) is 3.12. The van der Waals surface area contributed by atoms with Crippen LogP contribution in [-0.2, 0) is 0 Å². The lowest BCUT2D eigenvalue weighted by molar-refractivity contribution is 0.302. The van der Waals surface area contributed by atoms with Gasteiger partial charge in [-0.2, -0.15) is 0 Å². The first-order chi connectivity index (χ1) is 6.31. The van der Waals surface area contributed by atoms with Crippen molar-refractivity contribution in [3.05, 3.63) is 12.3 Å². The van der Waals surface area contributed by atoms with Crippen LogP contribution in [0.2, 0.25) is 0 Å². The fourth-order valence-electron chi connectivity index (χ4n) is 1.07. The molecule has 1 aliphatic rings. The highest BCUT2D eigenvalue weighted by atomic mass is 16.5. The van der Waals surface area contributed by atoms with E-state index in [1.165, 1.54) is 0 Å². The largest absolute Gasteiger partial charge is 0.488 e. The Morgan fingerprint density at radius 1 is 1.54 bits per heavy atom. The summed E-state index contributed by atoms with van der Waals surface area (Å²) in [7, 11) is 1.54. The van der Waals surface area contributed by atoms with Crippen molar-refractivity contribution in [2.75, 3.05) is 12.8 Å². The van der Waals surface area contributed by atoms with E-state index in [1.54, 1.807) is 19.4 Å². The van der Waals surface area contributed by atoms with Crippen LogP contribution in [0.1, 0.15) is 12.8 Å². The molecule has 13 heavy (non-hydrogen) atoms. The van der Waals surface area contributed by atoms with E-state index in [4.69, 9.17) is 15.2 Å². The molecule has 0 bridgehead atoms. The second-order valence-corrected chi connectivity index (χ2v) is 3.05. The lowest BCUT2D eigenvalue weighted by Gasteiger charge is -2.09. The lowest BCUT2D eigenvalue weighted by atomic mass is 10.4. The fraction of sp³-hybridized carbons (Fsp3) is 0.444. The molecule has 2 rings (SSSR count). The van der Waals surface area contributed by atoms with Gasteiger partial charge >= 0.3 is 0 Å². The van der Waals surface area contributed by atoms with E-state index in [-0.39, 0.29) is 0 Å². The van der Waals surface area contributed by atoms with Crippen LogP contribution in [-0.4, -0.2) is 18.2 Å². The Kier molecular flexibility index (Phi) is 1.96. The summed E-state index contributed by atoms with van der Waals surface area (Å²) in [5, 5.41) is 0. The Morgan fingerprint density at radius 3 is 2.92 bits per heavy atom. The first kappa shape index (κ1) is 8.16. The number of aromatic nitrogens is 1. The van der Waals surface area contributed by atoms with Gasteiger partial charge in [-0.05, 0) is 12.8 Å². The van der Waals surface area contributed by atoms with E-state index < -0.39 is 0 Å². The van der Waals surface area contributed by atoms with Gasteiger partial charge in [-0.15, -0.1) is 0 Å². The molecule has 1 aromatic heterocycles. The number of pyridine rings is 1. The monoisotopic (exact) mass is 180 g/mol. The predicted octanol–water partition coefficient (Wildman–Crippen LogP) is 1.21. The third-order valence-electron chi connectivity index (χ3n) is 1.92. The van der Waals surface area contributed by atoms with Crippen LogP contribution in [0.4, 0.5) is 5.69 Å². The van der Waals surface area contributed by atoms with Gasteiger partial charge in [0.1, 0.15) is 11.4 Å². The molecule has 0 amide bonds. The van der Waals surface area contributed by atoms with Crippen molar-refractivity contribution in [3.63, 3.8) is 0 Å². The summed E-state index contributed by atoms with van der Waals surface area (Å²) in [6.45, 7) is 0. The zero-order valence-electron chi connectivity index (χ0n) is 7.49. The van der Waals surface area contributed by atoms with Gasteiger partial charge < -0.3 is 15.2 Å². The van der Waals surface area contributed by atoms with Crippen molar-refractivity contribution in [2.24, 2.45) is 0 Å². The minimum Gasteiger partial charge on any atom is -0.488 e. The summed E-state index contributed by atoms with van der Waals surface area (Å²) in [4.78, 5) is 3.96. The standard InChI is InChI=1S/C9H12N2O2/c1-12-9-8(10)7(4-5-11-9)13-6-2-3-6/h4-6H,2-3,10H2,1H3. The SMILES string of the molecule is COc1nccc(OC2CC2)c1N. The summed E-state index contributed by atoms with van der Waals surface area (Å²) in [6.07, 6.45) is 4.20. The van der Waals surface area contributed by atoms with Gasteiger partial charge in [0, 0.05) is 12.3 Å². The molecule has 4 heteroatoms.